The quantitative estimate of drug-likeness (QED) is 0.702. The predicted molar refractivity (Wildman–Crippen MR) is 103 cm³/mol. The number of benzene rings is 2. The van der Waals surface area contributed by atoms with E-state index in [-0.39, 0.29) is 11.8 Å². The van der Waals surface area contributed by atoms with Crippen LogP contribution < -0.4 is 10.6 Å². The third-order valence-electron chi connectivity index (χ3n) is 4.02. The van der Waals surface area contributed by atoms with Gasteiger partial charge in [0.05, 0.1) is 13.0 Å². The molecule has 0 unspecified atom stereocenters. The van der Waals surface area contributed by atoms with Gasteiger partial charge in [-0.1, -0.05) is 30.3 Å². The zero-order valence-corrected chi connectivity index (χ0v) is 15.3. The third-order valence-corrected chi connectivity index (χ3v) is 4.02. The summed E-state index contributed by atoms with van der Waals surface area (Å²) < 4.78 is 5.68. The molecule has 2 aromatic carbocycles. The minimum absolute atomic E-state index is 0.0708. The summed E-state index contributed by atoms with van der Waals surface area (Å²) in [7, 11) is 0. The van der Waals surface area contributed by atoms with Crippen LogP contribution >= 0.6 is 0 Å². The fourth-order valence-corrected chi connectivity index (χ4v) is 2.61. The van der Waals surface area contributed by atoms with E-state index in [0.29, 0.717) is 36.0 Å². The largest absolute Gasteiger partial charge is 0.441 e. The molecular weight excluding hydrogens is 342 g/mol. The summed E-state index contributed by atoms with van der Waals surface area (Å²) >= 11 is 0. The van der Waals surface area contributed by atoms with Crippen molar-refractivity contribution in [3.63, 3.8) is 0 Å². The Morgan fingerprint density at radius 1 is 1.04 bits per heavy atom. The van der Waals surface area contributed by atoms with E-state index in [9.17, 15) is 9.59 Å². The Hall–Kier alpha value is -3.41. The molecule has 138 valence electrons. The fraction of sp³-hybridized carbons (Fsp3) is 0.190. The minimum Gasteiger partial charge on any atom is -0.441 e. The van der Waals surface area contributed by atoms with Crippen LogP contribution in [0.25, 0.3) is 11.5 Å². The van der Waals surface area contributed by atoms with E-state index in [0.717, 1.165) is 11.1 Å². The van der Waals surface area contributed by atoms with Crippen LogP contribution in [0.2, 0.25) is 0 Å². The van der Waals surface area contributed by atoms with Crippen molar-refractivity contribution in [2.45, 2.75) is 26.8 Å². The molecular formula is C21H21N3O3. The maximum Gasteiger partial charge on any atom is 0.228 e. The van der Waals surface area contributed by atoms with Crippen LogP contribution in [0.15, 0.2) is 59.0 Å². The first-order valence-corrected chi connectivity index (χ1v) is 8.66. The lowest BCUT2D eigenvalue weighted by Gasteiger charge is -2.06. The number of nitrogens with one attached hydrogen (secondary N) is 2. The Labute approximate surface area is 157 Å². The summed E-state index contributed by atoms with van der Waals surface area (Å²) in [6.07, 6.45) is 0.327. The molecule has 0 bridgehead atoms. The van der Waals surface area contributed by atoms with Gasteiger partial charge in [-0.15, -0.1) is 0 Å². The molecule has 0 saturated carbocycles. The Morgan fingerprint density at radius 2 is 1.74 bits per heavy atom. The van der Waals surface area contributed by atoms with Gasteiger partial charge in [-0.05, 0) is 36.8 Å². The monoisotopic (exact) mass is 363 g/mol. The molecule has 3 rings (SSSR count). The number of aromatic nitrogens is 1. The van der Waals surface area contributed by atoms with Crippen LogP contribution in [0.3, 0.4) is 0 Å². The van der Waals surface area contributed by atoms with Crippen LogP contribution in [0.5, 0.6) is 0 Å². The van der Waals surface area contributed by atoms with Gasteiger partial charge in [0.2, 0.25) is 17.7 Å². The first-order valence-electron chi connectivity index (χ1n) is 8.66. The van der Waals surface area contributed by atoms with E-state index in [4.69, 9.17) is 4.42 Å². The number of hydrogen-bond donors (Lipinski definition) is 2. The van der Waals surface area contributed by atoms with Crippen molar-refractivity contribution in [3.8, 4) is 11.5 Å². The molecule has 0 saturated heterocycles. The van der Waals surface area contributed by atoms with Gasteiger partial charge in [0.25, 0.3) is 0 Å². The second-order valence-corrected chi connectivity index (χ2v) is 6.22. The molecule has 27 heavy (non-hydrogen) atoms. The van der Waals surface area contributed by atoms with Gasteiger partial charge in [0, 0.05) is 18.2 Å². The second-order valence-electron chi connectivity index (χ2n) is 6.22. The molecule has 0 fully saturated rings. The van der Waals surface area contributed by atoms with Gasteiger partial charge in [0.15, 0.2) is 0 Å². The predicted octanol–water partition coefficient (Wildman–Crippen LogP) is 3.47. The van der Waals surface area contributed by atoms with E-state index in [2.05, 4.69) is 15.6 Å². The van der Waals surface area contributed by atoms with Gasteiger partial charge in [0.1, 0.15) is 11.5 Å². The van der Waals surface area contributed by atoms with Crippen molar-refractivity contribution in [3.05, 3.63) is 71.6 Å². The number of anilines is 1. The summed E-state index contributed by atoms with van der Waals surface area (Å²) in [5.74, 6) is 0.960. The lowest BCUT2D eigenvalue weighted by molar-refractivity contribution is -0.119. The minimum atomic E-state index is -0.116. The third kappa shape index (κ3) is 5.04. The number of carbonyl (C=O) groups is 2. The molecule has 0 aliphatic carbocycles. The normalized spacial score (nSPS) is 10.4. The van der Waals surface area contributed by atoms with Crippen molar-refractivity contribution in [2.75, 3.05) is 5.32 Å². The van der Waals surface area contributed by atoms with Crippen molar-refractivity contribution < 1.29 is 14.0 Å². The Balaban J connectivity index is 1.64. The zero-order valence-electron chi connectivity index (χ0n) is 15.3. The number of carbonyl (C=O) groups excluding carboxylic acids is 2. The number of aryl methyl sites for hydroxylation is 1. The van der Waals surface area contributed by atoms with Crippen LogP contribution in [0, 0.1) is 6.92 Å². The maximum atomic E-state index is 12.1. The van der Waals surface area contributed by atoms with E-state index in [1.165, 1.54) is 6.92 Å². The molecule has 1 aromatic heterocycles. The van der Waals surface area contributed by atoms with Gasteiger partial charge in [-0.25, -0.2) is 4.98 Å². The highest BCUT2D eigenvalue weighted by atomic mass is 16.4. The highest BCUT2D eigenvalue weighted by molar-refractivity contribution is 5.92. The average molecular weight is 363 g/mol. The molecule has 0 atom stereocenters. The highest BCUT2D eigenvalue weighted by Crippen LogP contribution is 2.23. The molecule has 2 N–H and O–H groups in total. The molecule has 0 aliphatic heterocycles. The Morgan fingerprint density at radius 3 is 2.41 bits per heavy atom. The first kappa shape index (κ1) is 18.4. The molecule has 0 aliphatic rings. The molecule has 3 aromatic rings. The van der Waals surface area contributed by atoms with Crippen LogP contribution in [0.1, 0.15) is 23.9 Å². The number of oxazole rings is 1. The molecule has 0 radical (unpaired) electrons. The summed E-state index contributed by atoms with van der Waals surface area (Å²) in [6.45, 7) is 3.60. The number of amides is 2. The SMILES string of the molecule is CC(=O)NCc1nc(-c2ccc(NC(=O)Cc3ccccc3)cc2)oc1C. The topological polar surface area (TPSA) is 84.2 Å². The number of hydrogen-bond acceptors (Lipinski definition) is 4. The Kier molecular flexibility index (Phi) is 5.66. The van der Waals surface area contributed by atoms with E-state index < -0.39 is 0 Å². The zero-order chi connectivity index (χ0) is 19.2. The second kappa shape index (κ2) is 8.31. The lowest BCUT2D eigenvalue weighted by atomic mass is 10.1. The summed E-state index contributed by atoms with van der Waals surface area (Å²) in [4.78, 5) is 27.6. The lowest BCUT2D eigenvalue weighted by Crippen LogP contribution is -2.19. The van der Waals surface area contributed by atoms with Crippen LogP contribution in [-0.4, -0.2) is 16.8 Å². The summed E-state index contributed by atoms with van der Waals surface area (Å²) in [5.41, 5.74) is 3.17. The van der Waals surface area contributed by atoms with Crippen molar-refractivity contribution in [1.82, 2.24) is 10.3 Å². The van der Waals surface area contributed by atoms with Gasteiger partial charge in [-0.3, -0.25) is 9.59 Å². The molecule has 1 heterocycles. The van der Waals surface area contributed by atoms with Gasteiger partial charge >= 0.3 is 0 Å². The first-order chi connectivity index (χ1) is 13.0. The van der Waals surface area contributed by atoms with Gasteiger partial charge in [-0.2, -0.15) is 0 Å². The maximum absolute atomic E-state index is 12.1. The molecule has 2 amide bonds. The average Bonchev–Trinajstić information content (AvgIpc) is 3.02. The fourth-order valence-electron chi connectivity index (χ4n) is 2.61. The van der Waals surface area contributed by atoms with Crippen LogP contribution in [-0.2, 0) is 22.6 Å². The molecule has 0 spiro atoms. The van der Waals surface area contributed by atoms with Gasteiger partial charge < -0.3 is 15.1 Å². The number of rotatable bonds is 6. The summed E-state index contributed by atoms with van der Waals surface area (Å²) in [6, 6.07) is 16.9. The Bertz CT molecular complexity index is 931. The van der Waals surface area contributed by atoms with Crippen LogP contribution in [0.4, 0.5) is 5.69 Å². The molecule has 6 nitrogen and oxygen atoms in total. The van der Waals surface area contributed by atoms with Crippen molar-refractivity contribution >= 4 is 17.5 Å². The molecule has 6 heteroatoms. The highest BCUT2D eigenvalue weighted by Gasteiger charge is 2.12. The number of nitrogens with zero attached hydrogens (tertiary/aromatic N) is 1. The van der Waals surface area contributed by atoms with E-state index >= 15 is 0 Å². The standard InChI is InChI=1S/C21H21N3O3/c1-14-19(13-22-15(2)25)24-21(27-14)17-8-10-18(11-9-17)23-20(26)12-16-6-4-3-5-7-16/h3-11H,12-13H2,1-2H3,(H,22,25)(H,23,26). The van der Waals surface area contributed by atoms with Crippen molar-refractivity contribution in [1.29, 1.82) is 0 Å². The van der Waals surface area contributed by atoms with E-state index in [1.54, 1.807) is 0 Å². The van der Waals surface area contributed by atoms with E-state index in [1.807, 2.05) is 61.5 Å². The smallest absolute Gasteiger partial charge is 0.228 e. The van der Waals surface area contributed by atoms with Crippen molar-refractivity contribution in [2.24, 2.45) is 0 Å². The summed E-state index contributed by atoms with van der Waals surface area (Å²) in [5, 5.41) is 5.59.